The van der Waals surface area contributed by atoms with Crippen molar-refractivity contribution < 1.29 is 9.59 Å². The zero-order valence-electron chi connectivity index (χ0n) is 19.3. The molecule has 0 unspecified atom stereocenters. The Balaban J connectivity index is 0.00000249. The number of benzene rings is 2. The molecule has 6 nitrogen and oxygen atoms in total. The minimum atomic E-state index is -0.940. The lowest BCUT2D eigenvalue weighted by atomic mass is 10.1. The molecule has 2 rings (SSSR count). The lowest BCUT2D eigenvalue weighted by Gasteiger charge is -2.28. The van der Waals surface area contributed by atoms with E-state index in [1.807, 2.05) is 88.4 Å². The summed E-state index contributed by atoms with van der Waals surface area (Å²) < 4.78 is 0. The van der Waals surface area contributed by atoms with E-state index in [0.717, 1.165) is 11.1 Å². The van der Waals surface area contributed by atoms with Crippen LogP contribution >= 0.6 is 24.4 Å². The predicted octanol–water partition coefficient (Wildman–Crippen LogP) is 4.11. The molecule has 32 heavy (non-hydrogen) atoms. The zero-order chi connectivity index (χ0) is 24.1. The summed E-state index contributed by atoms with van der Waals surface area (Å²) in [5, 5.41) is 3.12. The fourth-order valence-electron chi connectivity index (χ4n) is 2.60. The monoisotopic (exact) mass is 472 g/mol. The molecule has 0 bridgehead atoms. The van der Waals surface area contributed by atoms with Gasteiger partial charge in [-0.2, -0.15) is 0 Å². The Bertz CT molecular complexity index is 818. The number of carbonyl (C=O) groups excluding carboxylic acids is 2. The fourth-order valence-corrected chi connectivity index (χ4v) is 3.22. The molecule has 0 aromatic heterocycles. The minimum absolute atomic E-state index is 0.450. The van der Waals surface area contributed by atoms with Gasteiger partial charge in [0.25, 0.3) is 11.8 Å². The van der Waals surface area contributed by atoms with Crippen molar-refractivity contribution in [3.8, 4) is 0 Å². The molecule has 0 fully saturated rings. The van der Waals surface area contributed by atoms with Crippen LogP contribution in [0.2, 0.25) is 0 Å². The first-order chi connectivity index (χ1) is 15.4. The summed E-state index contributed by atoms with van der Waals surface area (Å²) in [6.45, 7) is 10.2. The summed E-state index contributed by atoms with van der Waals surface area (Å²) >= 11 is 10.9. The number of hydrogen-bond acceptors (Lipinski definition) is 4. The van der Waals surface area contributed by atoms with Crippen LogP contribution in [0.3, 0.4) is 0 Å². The standard InChI is InChI=1S/C22H26N4O2S2.C2H6/c1-4-25(21(29)17-12-8-6-9-13-17)23-19(27)16(3)20(28)24-26(5-2)22(30)18-14-10-7-11-15-18;1-2/h6-16H,4-5H2,1-3H3,(H,23,27)(H,24,28);1-2H3. The molecule has 0 aliphatic rings. The maximum atomic E-state index is 12.7. The quantitative estimate of drug-likeness (QED) is 0.375. The van der Waals surface area contributed by atoms with Crippen molar-refractivity contribution in [3.05, 3.63) is 71.8 Å². The van der Waals surface area contributed by atoms with Gasteiger partial charge < -0.3 is 0 Å². The van der Waals surface area contributed by atoms with Crippen molar-refractivity contribution in [1.29, 1.82) is 0 Å². The van der Waals surface area contributed by atoms with E-state index in [0.29, 0.717) is 23.1 Å². The second-order valence-corrected chi connectivity index (χ2v) is 7.28. The first-order valence-corrected chi connectivity index (χ1v) is 11.6. The summed E-state index contributed by atoms with van der Waals surface area (Å²) in [5.41, 5.74) is 7.11. The zero-order valence-corrected chi connectivity index (χ0v) is 20.9. The van der Waals surface area contributed by atoms with Gasteiger partial charge in [-0.05, 0) is 20.8 Å². The molecule has 0 heterocycles. The van der Waals surface area contributed by atoms with Gasteiger partial charge in [0.05, 0.1) is 0 Å². The van der Waals surface area contributed by atoms with Crippen molar-refractivity contribution in [2.45, 2.75) is 34.6 Å². The van der Waals surface area contributed by atoms with Gasteiger partial charge in [0, 0.05) is 24.2 Å². The topological polar surface area (TPSA) is 64.7 Å². The van der Waals surface area contributed by atoms with Crippen LogP contribution in [0.15, 0.2) is 60.7 Å². The van der Waals surface area contributed by atoms with Crippen LogP contribution in [0.25, 0.3) is 0 Å². The molecule has 2 amide bonds. The van der Waals surface area contributed by atoms with Crippen LogP contribution in [-0.4, -0.2) is 44.9 Å². The number of nitrogens with zero attached hydrogens (tertiary/aromatic N) is 2. The number of hydrogen-bond donors (Lipinski definition) is 2. The Kier molecular flexibility index (Phi) is 12.1. The summed E-state index contributed by atoms with van der Waals surface area (Å²) in [6, 6.07) is 18.8. The summed E-state index contributed by atoms with van der Waals surface area (Å²) in [4.78, 5) is 26.3. The van der Waals surface area contributed by atoms with Crippen LogP contribution in [0, 0.1) is 5.92 Å². The van der Waals surface area contributed by atoms with Crippen LogP contribution in [0.5, 0.6) is 0 Å². The average molecular weight is 473 g/mol. The Morgan fingerprint density at radius 3 is 1.34 bits per heavy atom. The minimum Gasteiger partial charge on any atom is -0.274 e. The Morgan fingerprint density at radius 2 is 1.06 bits per heavy atom. The Hall–Kier alpha value is -2.84. The van der Waals surface area contributed by atoms with E-state index in [1.54, 1.807) is 16.9 Å². The highest BCUT2D eigenvalue weighted by atomic mass is 32.1. The Morgan fingerprint density at radius 1 is 0.750 bits per heavy atom. The molecule has 0 spiro atoms. The molecular formula is C24H32N4O2S2. The number of thiocarbonyl (C=S) groups is 2. The molecule has 2 aromatic rings. The number of nitrogens with one attached hydrogen (secondary N) is 2. The van der Waals surface area contributed by atoms with E-state index in [2.05, 4.69) is 10.9 Å². The molecule has 0 saturated heterocycles. The smallest absolute Gasteiger partial charge is 0.250 e. The van der Waals surface area contributed by atoms with E-state index < -0.39 is 17.7 Å². The lowest BCUT2D eigenvalue weighted by molar-refractivity contribution is -0.138. The van der Waals surface area contributed by atoms with Gasteiger partial charge >= 0.3 is 0 Å². The van der Waals surface area contributed by atoms with Crippen molar-refractivity contribution >= 4 is 46.2 Å². The normalized spacial score (nSPS) is 9.81. The van der Waals surface area contributed by atoms with E-state index in [9.17, 15) is 9.59 Å². The third kappa shape index (κ3) is 7.69. The molecule has 8 heteroatoms. The molecule has 2 N–H and O–H groups in total. The van der Waals surface area contributed by atoms with Gasteiger partial charge in [0.2, 0.25) is 0 Å². The van der Waals surface area contributed by atoms with Gasteiger partial charge in [0.15, 0.2) is 0 Å². The fraction of sp³-hybridized carbons (Fsp3) is 0.333. The first-order valence-electron chi connectivity index (χ1n) is 10.7. The van der Waals surface area contributed by atoms with Crippen LogP contribution in [0.1, 0.15) is 45.7 Å². The number of rotatable bonds is 6. The highest BCUT2D eigenvalue weighted by molar-refractivity contribution is 7.80. The van der Waals surface area contributed by atoms with Gasteiger partial charge in [-0.3, -0.25) is 30.5 Å². The van der Waals surface area contributed by atoms with Gasteiger partial charge in [-0.15, -0.1) is 0 Å². The highest BCUT2D eigenvalue weighted by Crippen LogP contribution is 2.08. The van der Waals surface area contributed by atoms with Crippen LogP contribution in [-0.2, 0) is 9.59 Å². The molecule has 2 aromatic carbocycles. The molecule has 0 aliphatic heterocycles. The molecule has 0 saturated carbocycles. The van der Waals surface area contributed by atoms with Crippen molar-refractivity contribution in [3.63, 3.8) is 0 Å². The first kappa shape index (κ1) is 27.2. The van der Waals surface area contributed by atoms with E-state index in [4.69, 9.17) is 24.4 Å². The van der Waals surface area contributed by atoms with E-state index >= 15 is 0 Å². The van der Waals surface area contributed by atoms with Crippen molar-refractivity contribution in [2.75, 3.05) is 13.1 Å². The van der Waals surface area contributed by atoms with E-state index in [1.165, 1.54) is 0 Å². The summed E-state index contributed by atoms with van der Waals surface area (Å²) in [5.74, 6) is -1.84. The average Bonchev–Trinajstić information content (AvgIpc) is 2.86. The largest absolute Gasteiger partial charge is 0.274 e. The lowest BCUT2D eigenvalue weighted by Crippen LogP contribution is -2.53. The summed E-state index contributed by atoms with van der Waals surface area (Å²) in [7, 11) is 0. The molecule has 0 aliphatic carbocycles. The van der Waals surface area contributed by atoms with E-state index in [-0.39, 0.29) is 0 Å². The predicted molar refractivity (Wildman–Crippen MR) is 138 cm³/mol. The number of amides is 2. The second-order valence-electron chi connectivity index (χ2n) is 6.50. The highest BCUT2D eigenvalue weighted by Gasteiger charge is 2.26. The molecule has 0 atom stereocenters. The van der Waals surface area contributed by atoms with Crippen molar-refractivity contribution in [1.82, 2.24) is 20.9 Å². The SMILES string of the molecule is CC.CCN(NC(=O)C(C)C(=O)NN(CC)C(=S)c1ccccc1)C(=S)c1ccccc1. The third-order valence-corrected chi connectivity index (χ3v) is 5.35. The van der Waals surface area contributed by atoms with Crippen molar-refractivity contribution in [2.24, 2.45) is 5.92 Å². The maximum Gasteiger partial charge on any atom is 0.250 e. The van der Waals surface area contributed by atoms with Gasteiger partial charge in [0.1, 0.15) is 15.9 Å². The molecule has 0 radical (unpaired) electrons. The molecule has 172 valence electrons. The summed E-state index contributed by atoms with van der Waals surface area (Å²) in [6.07, 6.45) is 0. The maximum absolute atomic E-state index is 12.7. The van der Waals surface area contributed by atoms with Gasteiger partial charge in [-0.1, -0.05) is 98.9 Å². The Labute approximate surface area is 201 Å². The van der Waals surface area contributed by atoms with Crippen LogP contribution < -0.4 is 10.9 Å². The van der Waals surface area contributed by atoms with Crippen LogP contribution in [0.4, 0.5) is 0 Å². The molecular weight excluding hydrogens is 440 g/mol. The second kappa shape index (κ2) is 14.3. The number of carbonyl (C=O) groups is 2. The number of hydrazine groups is 2. The van der Waals surface area contributed by atoms with Gasteiger partial charge in [-0.25, -0.2) is 0 Å². The third-order valence-electron chi connectivity index (χ3n) is 4.44.